The molecule has 2 amide bonds. The van der Waals surface area contributed by atoms with E-state index in [-0.39, 0.29) is 11.6 Å². The predicted octanol–water partition coefficient (Wildman–Crippen LogP) is 3.20. The third-order valence-corrected chi connectivity index (χ3v) is 4.85. The van der Waals surface area contributed by atoms with E-state index in [1.165, 1.54) is 10.7 Å². The molecule has 0 saturated heterocycles. The first-order valence-corrected chi connectivity index (χ1v) is 10.2. The number of nitrogens with zero attached hydrogens (tertiary/aromatic N) is 2. The highest BCUT2D eigenvalue weighted by atomic mass is 16.6. The summed E-state index contributed by atoms with van der Waals surface area (Å²) in [6, 6.07) is 16.2. The monoisotopic (exact) mass is 420 g/mol. The number of anilines is 1. The van der Waals surface area contributed by atoms with Gasteiger partial charge in [-0.25, -0.2) is 9.48 Å². The van der Waals surface area contributed by atoms with Crippen LogP contribution >= 0.6 is 0 Å². The van der Waals surface area contributed by atoms with E-state index in [0.29, 0.717) is 49.9 Å². The second kappa shape index (κ2) is 9.34. The van der Waals surface area contributed by atoms with Crippen molar-refractivity contribution in [1.82, 2.24) is 15.1 Å². The minimum Gasteiger partial charge on any atom is -0.486 e. The van der Waals surface area contributed by atoms with E-state index in [0.717, 1.165) is 16.8 Å². The van der Waals surface area contributed by atoms with Crippen molar-refractivity contribution < 1.29 is 14.3 Å². The molecular formula is C23H24N4O4. The first kappa shape index (κ1) is 20.5. The van der Waals surface area contributed by atoms with Crippen molar-refractivity contribution in [2.24, 2.45) is 0 Å². The van der Waals surface area contributed by atoms with Gasteiger partial charge in [0.05, 0.1) is 5.69 Å². The van der Waals surface area contributed by atoms with E-state index in [1.807, 2.05) is 31.2 Å². The lowest BCUT2D eigenvalue weighted by molar-refractivity contribution is 0.171. The highest BCUT2D eigenvalue weighted by molar-refractivity contribution is 5.89. The molecule has 0 aliphatic carbocycles. The summed E-state index contributed by atoms with van der Waals surface area (Å²) in [6.45, 7) is 3.84. The van der Waals surface area contributed by atoms with Gasteiger partial charge in [-0.1, -0.05) is 29.8 Å². The van der Waals surface area contributed by atoms with Crippen LogP contribution in [0, 0.1) is 6.92 Å². The molecule has 1 aliphatic heterocycles. The molecule has 0 atom stereocenters. The second-order valence-electron chi connectivity index (χ2n) is 7.24. The normalized spacial score (nSPS) is 12.3. The lowest BCUT2D eigenvalue weighted by Gasteiger charge is -2.19. The smallest absolute Gasteiger partial charge is 0.319 e. The van der Waals surface area contributed by atoms with Crippen LogP contribution in [-0.4, -0.2) is 35.6 Å². The van der Waals surface area contributed by atoms with Crippen molar-refractivity contribution in [3.05, 3.63) is 70.5 Å². The zero-order valence-electron chi connectivity index (χ0n) is 17.3. The molecule has 0 saturated carbocycles. The zero-order chi connectivity index (χ0) is 21.6. The number of carbonyl (C=O) groups excluding carboxylic acids is 1. The summed E-state index contributed by atoms with van der Waals surface area (Å²) in [5.74, 6) is 1.28. The largest absolute Gasteiger partial charge is 0.486 e. The molecule has 8 heteroatoms. The van der Waals surface area contributed by atoms with Crippen LogP contribution in [0.3, 0.4) is 0 Å². The standard InChI is InChI=1S/C23H24N4O4/c1-16-3-5-17(6-4-16)19-8-10-22(28)27(26-19)12-2-11-24-23(29)25-18-7-9-20-21(15-18)31-14-13-30-20/h3-10,15H,2,11-14H2,1H3,(H2,24,25,29). The third kappa shape index (κ3) is 5.22. The fourth-order valence-electron chi connectivity index (χ4n) is 3.21. The van der Waals surface area contributed by atoms with Crippen LogP contribution < -0.4 is 25.7 Å². The SMILES string of the molecule is Cc1ccc(-c2ccc(=O)n(CCCNC(=O)Nc3ccc4c(c3)OCCO4)n2)cc1. The van der Waals surface area contributed by atoms with Gasteiger partial charge in [0.15, 0.2) is 11.5 Å². The van der Waals surface area contributed by atoms with E-state index in [9.17, 15) is 9.59 Å². The number of urea groups is 1. The van der Waals surface area contributed by atoms with Crippen LogP contribution in [0.15, 0.2) is 59.4 Å². The molecule has 31 heavy (non-hydrogen) atoms. The number of carbonyl (C=O) groups is 1. The van der Waals surface area contributed by atoms with Gasteiger partial charge in [-0.3, -0.25) is 4.79 Å². The lowest BCUT2D eigenvalue weighted by Crippen LogP contribution is -2.31. The van der Waals surface area contributed by atoms with E-state index >= 15 is 0 Å². The number of hydrogen-bond donors (Lipinski definition) is 2. The molecule has 2 N–H and O–H groups in total. The molecule has 1 aliphatic rings. The van der Waals surface area contributed by atoms with Crippen LogP contribution in [0.25, 0.3) is 11.3 Å². The number of benzene rings is 2. The number of hydrogen-bond acceptors (Lipinski definition) is 5. The number of aromatic nitrogens is 2. The molecule has 160 valence electrons. The Bertz CT molecular complexity index is 1130. The average Bonchev–Trinajstić information content (AvgIpc) is 2.78. The van der Waals surface area contributed by atoms with E-state index in [4.69, 9.17) is 9.47 Å². The summed E-state index contributed by atoms with van der Waals surface area (Å²) in [7, 11) is 0. The number of nitrogens with one attached hydrogen (secondary N) is 2. The zero-order valence-corrected chi connectivity index (χ0v) is 17.3. The molecule has 8 nitrogen and oxygen atoms in total. The summed E-state index contributed by atoms with van der Waals surface area (Å²) >= 11 is 0. The average molecular weight is 420 g/mol. The number of rotatable bonds is 6. The highest BCUT2D eigenvalue weighted by Gasteiger charge is 2.12. The minimum atomic E-state index is -0.328. The Hall–Kier alpha value is -3.81. The Kier molecular flexibility index (Phi) is 6.16. The maximum Gasteiger partial charge on any atom is 0.319 e. The van der Waals surface area contributed by atoms with Crippen LogP contribution in [0.2, 0.25) is 0 Å². The quantitative estimate of drug-likeness (QED) is 0.597. The van der Waals surface area contributed by atoms with Crippen LogP contribution in [0.5, 0.6) is 11.5 Å². The van der Waals surface area contributed by atoms with Crippen molar-refractivity contribution in [2.75, 3.05) is 25.1 Å². The van der Waals surface area contributed by atoms with Crippen LogP contribution in [-0.2, 0) is 6.54 Å². The van der Waals surface area contributed by atoms with E-state index in [1.54, 1.807) is 24.3 Å². The Labute approximate surface area is 179 Å². The van der Waals surface area contributed by atoms with Crippen molar-refractivity contribution in [1.29, 1.82) is 0 Å². The van der Waals surface area contributed by atoms with Gasteiger partial charge >= 0.3 is 6.03 Å². The van der Waals surface area contributed by atoms with Crippen molar-refractivity contribution in [2.45, 2.75) is 19.9 Å². The van der Waals surface area contributed by atoms with Gasteiger partial charge in [-0.2, -0.15) is 5.10 Å². The second-order valence-corrected chi connectivity index (χ2v) is 7.24. The summed E-state index contributed by atoms with van der Waals surface area (Å²) in [5.41, 5.74) is 3.31. The molecule has 0 spiro atoms. The fourth-order valence-corrected chi connectivity index (χ4v) is 3.21. The van der Waals surface area contributed by atoms with Crippen LogP contribution in [0.1, 0.15) is 12.0 Å². The molecule has 0 bridgehead atoms. The maximum absolute atomic E-state index is 12.1. The van der Waals surface area contributed by atoms with Gasteiger partial charge < -0.3 is 20.1 Å². The molecule has 2 heterocycles. The Morgan fingerprint density at radius 1 is 1.03 bits per heavy atom. The molecular weight excluding hydrogens is 396 g/mol. The number of amides is 2. The van der Waals surface area contributed by atoms with Gasteiger partial charge in [-0.15, -0.1) is 0 Å². The third-order valence-electron chi connectivity index (χ3n) is 4.85. The summed E-state index contributed by atoms with van der Waals surface area (Å²) in [6.07, 6.45) is 0.568. The van der Waals surface area contributed by atoms with Gasteiger partial charge in [0.2, 0.25) is 0 Å². The first-order valence-electron chi connectivity index (χ1n) is 10.2. The lowest BCUT2D eigenvalue weighted by atomic mass is 10.1. The molecule has 0 unspecified atom stereocenters. The number of ether oxygens (including phenoxy) is 2. The summed E-state index contributed by atoms with van der Waals surface area (Å²) in [4.78, 5) is 24.3. The molecule has 0 radical (unpaired) electrons. The molecule has 2 aromatic carbocycles. The predicted molar refractivity (Wildman–Crippen MR) is 118 cm³/mol. The van der Waals surface area contributed by atoms with E-state index in [2.05, 4.69) is 15.7 Å². The van der Waals surface area contributed by atoms with Crippen LogP contribution in [0.4, 0.5) is 10.5 Å². The van der Waals surface area contributed by atoms with E-state index < -0.39 is 0 Å². The maximum atomic E-state index is 12.1. The number of aryl methyl sites for hydroxylation is 2. The van der Waals surface area contributed by atoms with Gasteiger partial charge in [0, 0.05) is 36.5 Å². The Morgan fingerprint density at radius 3 is 2.61 bits per heavy atom. The highest BCUT2D eigenvalue weighted by Crippen LogP contribution is 2.32. The summed E-state index contributed by atoms with van der Waals surface area (Å²) in [5, 5.41) is 10.0. The van der Waals surface area contributed by atoms with Crippen molar-refractivity contribution >= 4 is 11.7 Å². The molecule has 4 rings (SSSR count). The Morgan fingerprint density at radius 2 is 1.81 bits per heavy atom. The van der Waals surface area contributed by atoms with Crippen molar-refractivity contribution in [3.63, 3.8) is 0 Å². The van der Waals surface area contributed by atoms with Gasteiger partial charge in [-0.05, 0) is 31.5 Å². The minimum absolute atomic E-state index is 0.170. The molecule has 3 aromatic rings. The van der Waals surface area contributed by atoms with Gasteiger partial charge in [0.1, 0.15) is 13.2 Å². The molecule has 0 fully saturated rings. The molecule has 1 aromatic heterocycles. The summed E-state index contributed by atoms with van der Waals surface area (Å²) < 4.78 is 12.4. The number of fused-ring (bicyclic) bond motifs is 1. The Balaban J connectivity index is 1.28. The fraction of sp³-hybridized carbons (Fsp3) is 0.261. The first-order chi connectivity index (χ1) is 15.1. The van der Waals surface area contributed by atoms with Crippen molar-refractivity contribution in [3.8, 4) is 22.8 Å². The van der Waals surface area contributed by atoms with Gasteiger partial charge in [0.25, 0.3) is 5.56 Å². The topological polar surface area (TPSA) is 94.5 Å².